The van der Waals surface area contributed by atoms with Gasteiger partial charge in [0.25, 0.3) is 11.8 Å². The molecule has 1 saturated heterocycles. The van der Waals surface area contributed by atoms with Crippen LogP contribution in [0, 0.1) is 6.92 Å². The van der Waals surface area contributed by atoms with Gasteiger partial charge in [-0.05, 0) is 88.6 Å². The molecular formula is C32H23BrCl2N2O5. The predicted molar refractivity (Wildman–Crippen MR) is 166 cm³/mol. The highest BCUT2D eigenvalue weighted by Crippen LogP contribution is 2.30. The zero-order valence-corrected chi connectivity index (χ0v) is 25.3. The number of rotatable bonds is 8. The van der Waals surface area contributed by atoms with Gasteiger partial charge in [0.05, 0.1) is 10.2 Å². The summed E-state index contributed by atoms with van der Waals surface area (Å²) in [4.78, 5) is 39.5. The molecule has 0 unspecified atom stereocenters. The second-order valence-electron chi connectivity index (χ2n) is 9.44. The summed E-state index contributed by atoms with van der Waals surface area (Å²) in [6.07, 6.45) is 1.42. The summed E-state index contributed by atoms with van der Waals surface area (Å²) in [5.74, 6) is -0.426. The number of hydrogen-bond donors (Lipinski definition) is 1. The van der Waals surface area contributed by atoms with Crippen LogP contribution in [0.2, 0.25) is 10.0 Å². The van der Waals surface area contributed by atoms with E-state index in [1.54, 1.807) is 60.7 Å². The van der Waals surface area contributed by atoms with Crippen LogP contribution in [0.1, 0.15) is 22.3 Å². The molecule has 1 aliphatic heterocycles. The van der Waals surface area contributed by atoms with Crippen molar-refractivity contribution >= 4 is 68.7 Å². The average molecular weight is 666 g/mol. The summed E-state index contributed by atoms with van der Waals surface area (Å²) in [6, 6.07) is 23.9. The first-order valence-electron chi connectivity index (χ1n) is 12.7. The highest BCUT2D eigenvalue weighted by Gasteiger charge is 2.36. The molecule has 10 heteroatoms. The van der Waals surface area contributed by atoms with Crippen LogP contribution >= 0.6 is 39.1 Å². The Bertz CT molecular complexity index is 1710. The molecule has 4 amide bonds. The normalized spacial score (nSPS) is 14.2. The highest BCUT2D eigenvalue weighted by atomic mass is 79.9. The maximum Gasteiger partial charge on any atom is 0.335 e. The van der Waals surface area contributed by atoms with Crippen LogP contribution in [0.15, 0.2) is 95.0 Å². The number of imide groups is 2. The number of amides is 4. The quantitative estimate of drug-likeness (QED) is 0.153. The number of anilines is 1. The lowest BCUT2D eigenvalue weighted by Gasteiger charge is -2.26. The number of barbiturate groups is 1. The average Bonchev–Trinajstić information content (AvgIpc) is 2.96. The fourth-order valence-electron chi connectivity index (χ4n) is 4.12. The van der Waals surface area contributed by atoms with Crippen molar-refractivity contribution in [2.45, 2.75) is 20.1 Å². The van der Waals surface area contributed by atoms with Crippen LogP contribution in [-0.2, 0) is 22.8 Å². The van der Waals surface area contributed by atoms with Crippen molar-refractivity contribution < 1.29 is 23.9 Å². The Hall–Kier alpha value is -4.11. The van der Waals surface area contributed by atoms with Crippen LogP contribution in [-0.4, -0.2) is 17.8 Å². The monoisotopic (exact) mass is 664 g/mol. The smallest absolute Gasteiger partial charge is 0.335 e. The lowest BCUT2D eigenvalue weighted by molar-refractivity contribution is -0.122. The minimum atomic E-state index is -0.832. The molecule has 1 fully saturated rings. The first kappa shape index (κ1) is 29.4. The van der Waals surface area contributed by atoms with Gasteiger partial charge in [0.2, 0.25) is 0 Å². The lowest BCUT2D eigenvalue weighted by Crippen LogP contribution is -2.54. The van der Waals surface area contributed by atoms with E-state index in [9.17, 15) is 14.4 Å². The summed E-state index contributed by atoms with van der Waals surface area (Å²) >= 11 is 15.6. The molecule has 7 nitrogen and oxygen atoms in total. The van der Waals surface area contributed by atoms with E-state index in [1.807, 2.05) is 31.2 Å². The predicted octanol–water partition coefficient (Wildman–Crippen LogP) is 7.89. The van der Waals surface area contributed by atoms with Gasteiger partial charge in [0, 0.05) is 15.6 Å². The summed E-state index contributed by atoms with van der Waals surface area (Å²) in [5, 5.41) is 3.26. The van der Waals surface area contributed by atoms with Gasteiger partial charge in [-0.25, -0.2) is 9.69 Å². The minimum absolute atomic E-state index is 0.192. The third-order valence-corrected chi connectivity index (χ3v) is 7.59. The van der Waals surface area contributed by atoms with Crippen molar-refractivity contribution in [3.05, 3.63) is 127 Å². The molecule has 4 aromatic carbocycles. The summed E-state index contributed by atoms with van der Waals surface area (Å²) in [5.41, 5.74) is 3.59. The summed E-state index contributed by atoms with van der Waals surface area (Å²) < 4.78 is 12.3. The highest BCUT2D eigenvalue weighted by molar-refractivity contribution is 9.10. The van der Waals surface area contributed by atoms with Gasteiger partial charge in [0.15, 0.2) is 0 Å². The number of carbonyl (C=O) groups excluding carboxylic acids is 3. The van der Waals surface area contributed by atoms with Gasteiger partial charge in [-0.15, -0.1) is 0 Å². The second-order valence-corrected chi connectivity index (χ2v) is 11.1. The van der Waals surface area contributed by atoms with E-state index in [2.05, 4.69) is 21.2 Å². The van der Waals surface area contributed by atoms with Gasteiger partial charge in [-0.3, -0.25) is 14.9 Å². The van der Waals surface area contributed by atoms with Gasteiger partial charge in [-0.1, -0.05) is 65.2 Å². The van der Waals surface area contributed by atoms with E-state index in [0.717, 1.165) is 21.6 Å². The number of nitrogens with zero attached hydrogens (tertiary/aromatic N) is 1. The zero-order valence-electron chi connectivity index (χ0n) is 22.2. The van der Waals surface area contributed by atoms with Gasteiger partial charge >= 0.3 is 6.03 Å². The first-order chi connectivity index (χ1) is 20.2. The number of carbonyl (C=O) groups is 3. The van der Waals surface area contributed by atoms with E-state index in [1.165, 1.54) is 6.08 Å². The van der Waals surface area contributed by atoms with E-state index in [4.69, 9.17) is 32.7 Å². The largest absolute Gasteiger partial charge is 0.489 e. The van der Waals surface area contributed by atoms with Crippen molar-refractivity contribution in [3.8, 4) is 11.5 Å². The Morgan fingerprint density at radius 2 is 1.60 bits per heavy atom. The van der Waals surface area contributed by atoms with E-state index < -0.39 is 17.8 Å². The van der Waals surface area contributed by atoms with Crippen LogP contribution in [0.5, 0.6) is 11.5 Å². The number of urea groups is 1. The molecule has 0 saturated carbocycles. The maximum absolute atomic E-state index is 13.3. The molecule has 0 aliphatic carbocycles. The fraction of sp³-hybridized carbons (Fsp3) is 0.0938. The topological polar surface area (TPSA) is 84.9 Å². The molecule has 0 aromatic heterocycles. The standard InChI is InChI=1S/C32H23BrCl2N2O5/c1-19-2-4-20(5-3-19)17-41-25-11-9-24(10-12-25)37-31(39)26(30(38)36-32(37)40)14-21-6-13-29(27(33)15-21)42-18-22-7-8-23(34)16-28(22)35/h2-16H,17-18H2,1H3,(H,36,38,40)/b26-14+. The van der Waals surface area contributed by atoms with Crippen molar-refractivity contribution in [1.29, 1.82) is 0 Å². The molecule has 4 aromatic rings. The molecule has 5 rings (SSSR count). The van der Waals surface area contributed by atoms with Gasteiger partial charge in [0.1, 0.15) is 30.3 Å². The Labute approximate surface area is 260 Å². The van der Waals surface area contributed by atoms with Gasteiger partial charge in [-0.2, -0.15) is 0 Å². The minimum Gasteiger partial charge on any atom is -0.489 e. The summed E-state index contributed by atoms with van der Waals surface area (Å²) in [6.45, 7) is 2.60. The number of benzene rings is 4. The number of hydrogen-bond acceptors (Lipinski definition) is 5. The Balaban J connectivity index is 1.29. The zero-order chi connectivity index (χ0) is 29.8. The molecule has 1 N–H and O–H groups in total. The molecule has 212 valence electrons. The third kappa shape index (κ3) is 6.85. The molecule has 0 atom stereocenters. The van der Waals surface area contributed by atoms with Crippen molar-refractivity contribution in [1.82, 2.24) is 5.32 Å². The van der Waals surface area contributed by atoms with Crippen LogP contribution < -0.4 is 19.7 Å². The SMILES string of the molecule is Cc1ccc(COc2ccc(N3C(=O)NC(=O)/C(=C\c4ccc(OCc5ccc(Cl)cc5Cl)c(Br)c4)C3=O)cc2)cc1. The number of halogens is 3. The van der Waals surface area contributed by atoms with Gasteiger partial charge < -0.3 is 9.47 Å². The Kier molecular flexibility index (Phi) is 8.97. The number of nitrogens with one attached hydrogen (secondary N) is 1. The van der Waals surface area contributed by atoms with E-state index in [0.29, 0.717) is 43.9 Å². The molecule has 1 heterocycles. The maximum atomic E-state index is 13.3. The lowest BCUT2D eigenvalue weighted by atomic mass is 10.1. The molecule has 42 heavy (non-hydrogen) atoms. The molecule has 0 radical (unpaired) electrons. The number of aryl methyl sites for hydroxylation is 1. The van der Waals surface area contributed by atoms with Crippen LogP contribution in [0.4, 0.5) is 10.5 Å². The summed E-state index contributed by atoms with van der Waals surface area (Å²) in [7, 11) is 0. The third-order valence-electron chi connectivity index (χ3n) is 6.39. The van der Waals surface area contributed by atoms with Crippen molar-refractivity contribution in [3.63, 3.8) is 0 Å². The van der Waals surface area contributed by atoms with Crippen molar-refractivity contribution in [2.24, 2.45) is 0 Å². The molecular weight excluding hydrogens is 643 g/mol. The molecule has 0 spiro atoms. The first-order valence-corrected chi connectivity index (χ1v) is 14.3. The second kappa shape index (κ2) is 12.8. The van der Waals surface area contributed by atoms with Crippen LogP contribution in [0.3, 0.4) is 0 Å². The Morgan fingerprint density at radius 1 is 0.857 bits per heavy atom. The van der Waals surface area contributed by atoms with Crippen LogP contribution in [0.25, 0.3) is 6.08 Å². The molecule has 1 aliphatic rings. The van der Waals surface area contributed by atoms with E-state index in [-0.39, 0.29) is 12.2 Å². The number of ether oxygens (including phenoxy) is 2. The van der Waals surface area contributed by atoms with Crippen molar-refractivity contribution in [2.75, 3.05) is 4.90 Å². The molecule has 0 bridgehead atoms. The Morgan fingerprint density at radius 3 is 2.29 bits per heavy atom. The van der Waals surface area contributed by atoms with E-state index >= 15 is 0 Å². The fourth-order valence-corrected chi connectivity index (χ4v) is 5.09.